The number of aryl methyl sites for hydroxylation is 2. The highest BCUT2D eigenvalue weighted by molar-refractivity contribution is 7.93. The molecule has 1 saturated carbocycles. The van der Waals surface area contributed by atoms with Crippen molar-refractivity contribution < 1.29 is 17.2 Å². The van der Waals surface area contributed by atoms with E-state index in [0.717, 1.165) is 12.8 Å². The molecule has 136 valence electrons. The molecule has 0 unspecified atom stereocenters. The summed E-state index contributed by atoms with van der Waals surface area (Å²) in [4.78, 5) is 2.97. The quantitative estimate of drug-likeness (QED) is 0.710. The summed E-state index contributed by atoms with van der Waals surface area (Å²) in [5.74, 6) is 0.260. The predicted molar refractivity (Wildman–Crippen MR) is 92.7 cm³/mol. The Kier molecular flexibility index (Phi) is 3.83. The van der Waals surface area contributed by atoms with Crippen LogP contribution in [0.2, 0.25) is 0 Å². The van der Waals surface area contributed by atoms with Crippen LogP contribution in [-0.4, -0.2) is 23.6 Å². The summed E-state index contributed by atoms with van der Waals surface area (Å²) >= 11 is 0. The molecule has 0 radical (unpaired) electrons. The molecule has 26 heavy (non-hydrogen) atoms. The van der Waals surface area contributed by atoms with E-state index in [2.05, 4.69) is 19.9 Å². The lowest BCUT2D eigenvalue weighted by atomic mass is 10.2. The zero-order chi connectivity index (χ0) is 18.5. The number of nitrogens with one attached hydrogen (secondary N) is 2. The van der Waals surface area contributed by atoms with Gasteiger partial charge in [0.2, 0.25) is 5.89 Å². The molecule has 0 bridgehead atoms. The van der Waals surface area contributed by atoms with Crippen LogP contribution >= 0.6 is 0 Å². The Bertz CT molecular complexity index is 1080. The number of aromatic nitrogens is 3. The fourth-order valence-electron chi connectivity index (χ4n) is 2.92. The van der Waals surface area contributed by atoms with Crippen LogP contribution in [0.1, 0.15) is 36.0 Å². The van der Waals surface area contributed by atoms with E-state index in [-0.39, 0.29) is 22.4 Å². The highest BCUT2D eigenvalue weighted by atomic mass is 32.2. The van der Waals surface area contributed by atoms with Gasteiger partial charge in [-0.05, 0) is 38.8 Å². The van der Waals surface area contributed by atoms with Gasteiger partial charge >= 0.3 is 0 Å². The van der Waals surface area contributed by atoms with Gasteiger partial charge in [0.05, 0.1) is 11.3 Å². The summed E-state index contributed by atoms with van der Waals surface area (Å²) < 4.78 is 47.8. The predicted octanol–water partition coefficient (Wildman–Crippen LogP) is 3.50. The molecule has 1 aromatic carbocycles. The summed E-state index contributed by atoms with van der Waals surface area (Å²) in [7, 11) is -4.07. The first kappa shape index (κ1) is 16.8. The van der Waals surface area contributed by atoms with E-state index in [0.29, 0.717) is 22.8 Å². The first-order chi connectivity index (χ1) is 12.4. The van der Waals surface area contributed by atoms with Gasteiger partial charge in [-0.1, -0.05) is 12.1 Å². The number of benzene rings is 1. The van der Waals surface area contributed by atoms with E-state index in [1.54, 1.807) is 19.9 Å². The summed E-state index contributed by atoms with van der Waals surface area (Å²) in [6, 6.07) is 5.59. The standard InChI is InChI=1S/C17H17FN4O3S/c1-9-14(17-21-20-16(25-17)11-7-8-11)15(10(2)19-9)26(23,24)22-13-6-4-3-5-12(13)18/h3-6,11,19,22H,7-8H2,1-2H3. The van der Waals surface area contributed by atoms with Crippen molar-refractivity contribution in [2.45, 2.75) is 37.5 Å². The number of nitrogens with zero attached hydrogens (tertiary/aromatic N) is 2. The second-order valence-electron chi connectivity index (χ2n) is 6.38. The highest BCUT2D eigenvalue weighted by Crippen LogP contribution is 2.41. The molecular weight excluding hydrogens is 359 g/mol. The summed E-state index contributed by atoms with van der Waals surface area (Å²) in [5.41, 5.74) is 1.18. The van der Waals surface area contributed by atoms with Crippen molar-refractivity contribution in [3.63, 3.8) is 0 Å². The number of hydrogen-bond acceptors (Lipinski definition) is 5. The van der Waals surface area contributed by atoms with Crippen molar-refractivity contribution in [2.24, 2.45) is 0 Å². The van der Waals surface area contributed by atoms with Gasteiger partial charge in [0.25, 0.3) is 15.9 Å². The SMILES string of the molecule is Cc1[nH]c(C)c(S(=O)(=O)Nc2ccccc2F)c1-c1nnc(C2CC2)o1. The topological polar surface area (TPSA) is 101 Å². The van der Waals surface area contributed by atoms with Crippen LogP contribution in [0.3, 0.4) is 0 Å². The molecule has 0 spiro atoms. The zero-order valence-corrected chi connectivity index (χ0v) is 15.0. The lowest BCUT2D eigenvalue weighted by Gasteiger charge is -2.10. The Morgan fingerprint density at radius 3 is 2.62 bits per heavy atom. The van der Waals surface area contributed by atoms with Gasteiger partial charge < -0.3 is 9.40 Å². The van der Waals surface area contributed by atoms with Gasteiger partial charge in [-0.2, -0.15) is 0 Å². The first-order valence-corrected chi connectivity index (χ1v) is 9.65. The minimum atomic E-state index is -4.07. The van der Waals surface area contributed by atoms with Gasteiger partial charge in [0, 0.05) is 17.3 Å². The van der Waals surface area contributed by atoms with Crippen LogP contribution in [0, 0.1) is 19.7 Å². The Morgan fingerprint density at radius 1 is 1.19 bits per heavy atom. The van der Waals surface area contributed by atoms with E-state index in [4.69, 9.17) is 4.42 Å². The van der Waals surface area contributed by atoms with Crippen LogP contribution in [0.4, 0.5) is 10.1 Å². The number of halogens is 1. The largest absolute Gasteiger partial charge is 0.420 e. The highest BCUT2D eigenvalue weighted by Gasteiger charge is 2.33. The van der Waals surface area contributed by atoms with Crippen molar-refractivity contribution in [1.82, 2.24) is 15.2 Å². The molecule has 2 aromatic heterocycles. The van der Waals surface area contributed by atoms with Crippen LogP contribution < -0.4 is 4.72 Å². The maximum absolute atomic E-state index is 13.9. The van der Waals surface area contributed by atoms with Crippen molar-refractivity contribution >= 4 is 15.7 Å². The molecular formula is C17H17FN4O3S. The average Bonchev–Trinajstić information content (AvgIpc) is 3.23. The second kappa shape index (κ2) is 5.94. The molecule has 9 heteroatoms. The second-order valence-corrected chi connectivity index (χ2v) is 8.00. The molecule has 0 saturated heterocycles. The van der Waals surface area contributed by atoms with Crippen LogP contribution in [-0.2, 0) is 10.0 Å². The van der Waals surface area contributed by atoms with E-state index in [9.17, 15) is 12.8 Å². The Labute approximate surface area is 149 Å². The summed E-state index contributed by atoms with van der Waals surface area (Å²) in [6.07, 6.45) is 1.99. The fraction of sp³-hybridized carbons (Fsp3) is 0.294. The van der Waals surface area contributed by atoms with Gasteiger partial charge in [-0.25, -0.2) is 12.8 Å². The monoisotopic (exact) mass is 376 g/mol. The minimum Gasteiger partial charge on any atom is -0.420 e. The zero-order valence-electron chi connectivity index (χ0n) is 14.2. The minimum absolute atomic E-state index is 0.0238. The van der Waals surface area contributed by atoms with Gasteiger partial charge in [0.1, 0.15) is 10.7 Å². The molecule has 2 N–H and O–H groups in total. The number of rotatable bonds is 5. The smallest absolute Gasteiger partial charge is 0.264 e. The maximum atomic E-state index is 13.9. The number of sulfonamides is 1. The summed E-state index contributed by atoms with van der Waals surface area (Å²) in [5, 5.41) is 8.04. The van der Waals surface area contributed by atoms with Gasteiger partial charge in [-0.15, -0.1) is 10.2 Å². The Hall–Kier alpha value is -2.68. The van der Waals surface area contributed by atoms with Crippen LogP contribution in [0.25, 0.3) is 11.5 Å². The Morgan fingerprint density at radius 2 is 1.92 bits per heavy atom. The third-order valence-electron chi connectivity index (χ3n) is 4.29. The lowest BCUT2D eigenvalue weighted by Crippen LogP contribution is -2.15. The molecule has 4 rings (SSSR count). The van der Waals surface area contributed by atoms with Gasteiger partial charge in [-0.3, -0.25) is 4.72 Å². The van der Waals surface area contributed by atoms with Crippen molar-refractivity contribution in [2.75, 3.05) is 4.72 Å². The average molecular weight is 376 g/mol. The Balaban J connectivity index is 1.79. The molecule has 7 nitrogen and oxygen atoms in total. The van der Waals surface area contributed by atoms with Crippen LogP contribution in [0.15, 0.2) is 33.6 Å². The lowest BCUT2D eigenvalue weighted by molar-refractivity contribution is 0.507. The van der Waals surface area contributed by atoms with E-state index >= 15 is 0 Å². The number of aromatic amines is 1. The maximum Gasteiger partial charge on any atom is 0.264 e. The number of hydrogen-bond donors (Lipinski definition) is 2. The molecule has 2 heterocycles. The fourth-order valence-corrected chi connectivity index (χ4v) is 4.44. The third-order valence-corrected chi connectivity index (χ3v) is 5.82. The molecule has 0 amide bonds. The van der Waals surface area contributed by atoms with E-state index in [1.165, 1.54) is 18.2 Å². The number of H-pyrrole nitrogens is 1. The molecule has 3 aromatic rings. The molecule has 0 atom stereocenters. The van der Waals surface area contributed by atoms with E-state index < -0.39 is 15.8 Å². The molecule has 1 aliphatic rings. The molecule has 1 aliphatic carbocycles. The first-order valence-electron chi connectivity index (χ1n) is 8.17. The van der Waals surface area contributed by atoms with Crippen molar-refractivity contribution in [3.05, 3.63) is 47.4 Å². The molecule has 0 aliphatic heterocycles. The van der Waals surface area contributed by atoms with Crippen LogP contribution in [0.5, 0.6) is 0 Å². The van der Waals surface area contributed by atoms with Crippen molar-refractivity contribution in [3.8, 4) is 11.5 Å². The van der Waals surface area contributed by atoms with E-state index in [1.807, 2.05) is 0 Å². The normalized spacial score (nSPS) is 14.6. The third kappa shape index (κ3) is 2.88. The van der Waals surface area contributed by atoms with Gasteiger partial charge in [0.15, 0.2) is 0 Å². The number of anilines is 1. The number of para-hydroxylation sites is 1. The van der Waals surface area contributed by atoms with Crippen molar-refractivity contribution in [1.29, 1.82) is 0 Å². The molecule has 1 fully saturated rings. The summed E-state index contributed by atoms with van der Waals surface area (Å²) in [6.45, 7) is 3.36.